The molecule has 0 aliphatic carbocycles. The van der Waals surface area contributed by atoms with Crippen molar-refractivity contribution < 1.29 is 9.47 Å². The lowest BCUT2D eigenvalue weighted by Crippen LogP contribution is -2.50. The van der Waals surface area contributed by atoms with E-state index in [4.69, 9.17) is 14.5 Å². The van der Waals surface area contributed by atoms with Crippen LogP contribution in [0.4, 0.5) is 11.6 Å². The van der Waals surface area contributed by atoms with E-state index in [0.717, 1.165) is 54.3 Å². The second-order valence-electron chi connectivity index (χ2n) is 8.77. The maximum Gasteiger partial charge on any atom is 0.259 e. The highest BCUT2D eigenvalue weighted by Crippen LogP contribution is 2.30. The number of hydrogen-bond acceptors (Lipinski definition) is 6. The van der Waals surface area contributed by atoms with Crippen molar-refractivity contribution in [2.75, 3.05) is 31.8 Å². The third-order valence-electron chi connectivity index (χ3n) is 6.47. The zero-order valence-electron chi connectivity index (χ0n) is 19.2. The monoisotopic (exact) mass is 446 g/mol. The van der Waals surface area contributed by atoms with E-state index in [-0.39, 0.29) is 11.7 Å². The van der Waals surface area contributed by atoms with Crippen LogP contribution < -0.4 is 15.2 Å². The molecule has 3 heterocycles. The molecule has 2 aliphatic rings. The molecule has 2 aliphatic heterocycles. The van der Waals surface area contributed by atoms with E-state index in [0.29, 0.717) is 25.7 Å². The summed E-state index contributed by atoms with van der Waals surface area (Å²) in [5.41, 5.74) is 3.64. The van der Waals surface area contributed by atoms with Gasteiger partial charge in [0.15, 0.2) is 0 Å². The Balaban J connectivity index is 1.54. The molecule has 33 heavy (non-hydrogen) atoms. The van der Waals surface area contributed by atoms with Crippen LogP contribution in [0.15, 0.2) is 59.4 Å². The Bertz CT molecular complexity index is 1150. The summed E-state index contributed by atoms with van der Waals surface area (Å²) in [4.78, 5) is 23.0. The van der Waals surface area contributed by atoms with Crippen molar-refractivity contribution in [3.8, 4) is 5.75 Å². The van der Waals surface area contributed by atoms with Gasteiger partial charge in [-0.25, -0.2) is 4.98 Å². The number of aromatic nitrogens is 2. The summed E-state index contributed by atoms with van der Waals surface area (Å²) < 4.78 is 13.0. The number of nitrogens with zero attached hydrogens (tertiary/aromatic N) is 4. The van der Waals surface area contributed by atoms with E-state index in [2.05, 4.69) is 21.9 Å². The number of benzene rings is 2. The van der Waals surface area contributed by atoms with E-state index < -0.39 is 0 Å². The minimum atomic E-state index is 0.0249. The summed E-state index contributed by atoms with van der Waals surface area (Å²) in [5, 5.41) is 0. The molecule has 7 nitrogen and oxygen atoms in total. The molecule has 172 valence electrons. The molecule has 1 aromatic heterocycles. The summed E-state index contributed by atoms with van der Waals surface area (Å²) in [6.45, 7) is 4.71. The van der Waals surface area contributed by atoms with Crippen molar-refractivity contribution in [1.82, 2.24) is 14.5 Å². The number of hydrogen-bond donors (Lipinski definition) is 0. The quantitative estimate of drug-likeness (QED) is 0.576. The lowest BCUT2D eigenvalue weighted by Gasteiger charge is -2.39. The summed E-state index contributed by atoms with van der Waals surface area (Å²) in [7, 11) is 1.66. The van der Waals surface area contributed by atoms with Gasteiger partial charge in [-0.15, -0.1) is 0 Å². The van der Waals surface area contributed by atoms with Gasteiger partial charge in [-0.3, -0.25) is 19.2 Å². The lowest BCUT2D eigenvalue weighted by atomic mass is 10.1. The van der Waals surface area contributed by atoms with Crippen LogP contribution >= 0.6 is 0 Å². The molecule has 3 aromatic rings. The second-order valence-corrected chi connectivity index (χ2v) is 8.77. The van der Waals surface area contributed by atoms with Crippen molar-refractivity contribution in [3.05, 3.63) is 81.8 Å². The molecule has 1 unspecified atom stereocenters. The van der Waals surface area contributed by atoms with Crippen LogP contribution in [0.2, 0.25) is 0 Å². The standard InChI is InChI=1S/C26H30N4O3/c1-19-24(15-20-7-4-3-5-8-20)25(31)30-18-28(16-23-9-6-14-33-23)17-29(26(30)27-19)21-10-12-22(32-2)13-11-21/h3-5,7-8,10-13,23H,6,9,14-18H2,1-2H3. The van der Waals surface area contributed by atoms with E-state index in [1.54, 1.807) is 7.11 Å². The highest BCUT2D eigenvalue weighted by molar-refractivity contribution is 5.59. The largest absolute Gasteiger partial charge is 0.497 e. The van der Waals surface area contributed by atoms with Crippen LogP contribution in [0.25, 0.3) is 0 Å². The number of methoxy groups -OCH3 is 1. The summed E-state index contributed by atoms with van der Waals surface area (Å²) in [6.07, 6.45) is 2.94. The van der Waals surface area contributed by atoms with Gasteiger partial charge in [0.2, 0.25) is 5.95 Å². The Morgan fingerprint density at radius 3 is 2.58 bits per heavy atom. The Hall–Kier alpha value is -3.16. The summed E-state index contributed by atoms with van der Waals surface area (Å²) in [6, 6.07) is 18.0. The molecule has 1 saturated heterocycles. The minimum Gasteiger partial charge on any atom is -0.497 e. The summed E-state index contributed by atoms with van der Waals surface area (Å²) >= 11 is 0. The molecular formula is C26H30N4O3. The van der Waals surface area contributed by atoms with Gasteiger partial charge in [0.05, 0.1) is 32.2 Å². The van der Waals surface area contributed by atoms with Gasteiger partial charge in [-0.1, -0.05) is 30.3 Å². The number of ether oxygens (including phenoxy) is 2. The zero-order chi connectivity index (χ0) is 22.8. The molecule has 2 aromatic carbocycles. The van der Waals surface area contributed by atoms with Crippen LogP contribution in [0, 0.1) is 6.92 Å². The predicted molar refractivity (Wildman–Crippen MR) is 128 cm³/mol. The molecular weight excluding hydrogens is 416 g/mol. The van der Waals surface area contributed by atoms with Gasteiger partial charge >= 0.3 is 0 Å². The van der Waals surface area contributed by atoms with Crippen molar-refractivity contribution in [3.63, 3.8) is 0 Å². The van der Waals surface area contributed by atoms with Gasteiger partial charge < -0.3 is 9.47 Å². The number of rotatable bonds is 6. The van der Waals surface area contributed by atoms with Crippen molar-refractivity contribution >= 4 is 11.6 Å². The molecule has 0 radical (unpaired) electrons. The van der Waals surface area contributed by atoms with Crippen LogP contribution in [0.1, 0.15) is 29.7 Å². The first-order valence-corrected chi connectivity index (χ1v) is 11.5. The number of anilines is 2. The van der Waals surface area contributed by atoms with Gasteiger partial charge in [0, 0.05) is 30.8 Å². The first-order chi connectivity index (χ1) is 16.1. The van der Waals surface area contributed by atoms with Crippen LogP contribution in [-0.2, 0) is 17.8 Å². The third-order valence-corrected chi connectivity index (χ3v) is 6.47. The molecule has 1 atom stereocenters. The predicted octanol–water partition coefficient (Wildman–Crippen LogP) is 3.70. The zero-order valence-corrected chi connectivity index (χ0v) is 19.2. The smallest absolute Gasteiger partial charge is 0.259 e. The van der Waals surface area contributed by atoms with Gasteiger partial charge in [0.1, 0.15) is 5.75 Å². The first kappa shape index (κ1) is 21.7. The molecule has 0 amide bonds. The molecule has 0 saturated carbocycles. The van der Waals surface area contributed by atoms with Crippen molar-refractivity contribution in [2.45, 2.75) is 39.0 Å². The Morgan fingerprint density at radius 1 is 1.09 bits per heavy atom. The van der Waals surface area contributed by atoms with Gasteiger partial charge in [-0.2, -0.15) is 0 Å². The fourth-order valence-corrected chi connectivity index (χ4v) is 4.68. The van der Waals surface area contributed by atoms with Crippen molar-refractivity contribution in [1.29, 1.82) is 0 Å². The summed E-state index contributed by atoms with van der Waals surface area (Å²) in [5.74, 6) is 1.48. The fraction of sp³-hybridized carbons (Fsp3) is 0.385. The van der Waals surface area contributed by atoms with Gasteiger partial charge in [-0.05, 0) is 49.6 Å². The van der Waals surface area contributed by atoms with Crippen LogP contribution in [0.5, 0.6) is 5.75 Å². The molecule has 5 rings (SSSR count). The van der Waals surface area contributed by atoms with E-state index in [9.17, 15) is 4.79 Å². The van der Waals surface area contributed by atoms with E-state index in [1.807, 2.05) is 54.0 Å². The van der Waals surface area contributed by atoms with Crippen molar-refractivity contribution in [2.24, 2.45) is 0 Å². The fourth-order valence-electron chi connectivity index (χ4n) is 4.68. The topological polar surface area (TPSA) is 59.8 Å². The molecule has 0 bridgehead atoms. The Labute approximate surface area is 194 Å². The molecule has 0 N–H and O–H groups in total. The van der Waals surface area contributed by atoms with E-state index in [1.165, 1.54) is 0 Å². The third kappa shape index (κ3) is 4.51. The average molecular weight is 447 g/mol. The minimum absolute atomic E-state index is 0.0249. The molecule has 7 heteroatoms. The number of fused-ring (bicyclic) bond motifs is 1. The molecule has 1 fully saturated rings. The Morgan fingerprint density at radius 2 is 1.88 bits per heavy atom. The highest BCUT2D eigenvalue weighted by atomic mass is 16.5. The highest BCUT2D eigenvalue weighted by Gasteiger charge is 2.30. The lowest BCUT2D eigenvalue weighted by molar-refractivity contribution is 0.0584. The van der Waals surface area contributed by atoms with Crippen LogP contribution in [0.3, 0.4) is 0 Å². The normalized spacial score (nSPS) is 18.4. The maximum atomic E-state index is 13.7. The first-order valence-electron chi connectivity index (χ1n) is 11.5. The van der Waals surface area contributed by atoms with Gasteiger partial charge in [0.25, 0.3) is 5.56 Å². The maximum absolute atomic E-state index is 13.7. The SMILES string of the molecule is COc1ccc(N2CN(CC3CCCO3)Cn3c2nc(C)c(Cc2ccccc2)c3=O)cc1. The molecule has 0 spiro atoms. The van der Waals surface area contributed by atoms with Crippen LogP contribution in [-0.4, -0.2) is 47.5 Å². The number of aryl methyl sites for hydroxylation is 1. The second kappa shape index (κ2) is 9.37. The van der Waals surface area contributed by atoms with E-state index >= 15 is 0 Å². The Kier molecular flexibility index (Phi) is 6.15. The average Bonchev–Trinajstić information content (AvgIpc) is 3.36.